The number of oxazole rings is 1. The van der Waals surface area contributed by atoms with Crippen LogP contribution in [-0.2, 0) is 13.1 Å². The van der Waals surface area contributed by atoms with Crippen molar-refractivity contribution in [2.45, 2.75) is 26.9 Å². The molecule has 0 saturated heterocycles. The molecule has 3 rings (SSSR count). The van der Waals surface area contributed by atoms with Crippen LogP contribution >= 0.6 is 0 Å². The van der Waals surface area contributed by atoms with Gasteiger partial charge < -0.3 is 14.5 Å². The molecule has 0 fully saturated rings. The Labute approximate surface area is 142 Å². The molecular formula is C20H22N2O2. The molecule has 0 aliphatic rings. The quantitative estimate of drug-likeness (QED) is 0.703. The minimum absolute atomic E-state index is 0.589. The van der Waals surface area contributed by atoms with Gasteiger partial charge in [0.2, 0.25) is 5.89 Å². The Kier molecular flexibility index (Phi) is 5.29. The van der Waals surface area contributed by atoms with E-state index in [1.165, 1.54) is 11.1 Å². The molecule has 1 N–H and O–H groups in total. The molecule has 124 valence electrons. The normalized spacial score (nSPS) is 10.8. The van der Waals surface area contributed by atoms with Gasteiger partial charge in [-0.3, -0.25) is 0 Å². The molecule has 2 aromatic carbocycles. The predicted octanol–water partition coefficient (Wildman–Crippen LogP) is 4.34. The molecule has 0 bridgehead atoms. The van der Waals surface area contributed by atoms with E-state index in [1.54, 1.807) is 6.26 Å². The minimum Gasteiger partial charge on any atom is -0.493 e. The molecular weight excluding hydrogens is 300 g/mol. The molecule has 0 aliphatic carbocycles. The molecule has 0 spiro atoms. The lowest BCUT2D eigenvalue weighted by Gasteiger charge is -2.06. The van der Waals surface area contributed by atoms with Gasteiger partial charge in [0.15, 0.2) is 0 Å². The molecule has 3 aromatic rings. The van der Waals surface area contributed by atoms with Crippen molar-refractivity contribution < 1.29 is 9.15 Å². The maximum atomic E-state index is 5.63. The van der Waals surface area contributed by atoms with E-state index in [9.17, 15) is 0 Å². The van der Waals surface area contributed by atoms with Gasteiger partial charge >= 0.3 is 0 Å². The largest absolute Gasteiger partial charge is 0.493 e. The number of hydrogen-bond donors (Lipinski definition) is 1. The maximum absolute atomic E-state index is 5.63. The van der Waals surface area contributed by atoms with Gasteiger partial charge in [-0.15, -0.1) is 0 Å². The first-order valence-corrected chi connectivity index (χ1v) is 8.19. The first-order chi connectivity index (χ1) is 11.8. The summed E-state index contributed by atoms with van der Waals surface area (Å²) in [6, 6.07) is 16.3. The van der Waals surface area contributed by atoms with Gasteiger partial charge in [-0.1, -0.05) is 42.0 Å². The van der Waals surface area contributed by atoms with Gasteiger partial charge in [-0.25, -0.2) is 4.98 Å². The third-order valence-corrected chi connectivity index (χ3v) is 3.72. The first-order valence-electron chi connectivity index (χ1n) is 8.19. The second kappa shape index (κ2) is 7.79. The fraction of sp³-hybridized carbons (Fsp3) is 0.250. The molecule has 0 aliphatic heterocycles. The molecule has 4 nitrogen and oxygen atoms in total. The van der Waals surface area contributed by atoms with E-state index >= 15 is 0 Å². The molecule has 0 amide bonds. The third-order valence-electron chi connectivity index (χ3n) is 3.72. The SMILES string of the molecule is CCOc1ccccc1-c1nc(CNCc2ccc(C)cc2)co1. The van der Waals surface area contributed by atoms with Crippen LogP contribution in [-0.4, -0.2) is 11.6 Å². The molecule has 0 saturated carbocycles. The molecule has 0 atom stereocenters. The number of aryl methyl sites for hydroxylation is 1. The second-order valence-electron chi connectivity index (χ2n) is 5.66. The fourth-order valence-electron chi connectivity index (χ4n) is 2.48. The van der Waals surface area contributed by atoms with Crippen molar-refractivity contribution >= 4 is 0 Å². The highest BCUT2D eigenvalue weighted by molar-refractivity contribution is 5.62. The third kappa shape index (κ3) is 4.03. The Bertz CT molecular complexity index is 778. The summed E-state index contributed by atoms with van der Waals surface area (Å²) in [6.45, 7) is 6.13. The molecule has 24 heavy (non-hydrogen) atoms. The number of para-hydroxylation sites is 1. The van der Waals surface area contributed by atoms with E-state index in [4.69, 9.17) is 9.15 Å². The topological polar surface area (TPSA) is 47.3 Å². The van der Waals surface area contributed by atoms with Crippen LogP contribution < -0.4 is 10.1 Å². The zero-order valence-electron chi connectivity index (χ0n) is 14.1. The van der Waals surface area contributed by atoms with E-state index in [1.807, 2.05) is 31.2 Å². The van der Waals surface area contributed by atoms with Crippen molar-refractivity contribution in [1.29, 1.82) is 0 Å². The second-order valence-corrected chi connectivity index (χ2v) is 5.66. The summed E-state index contributed by atoms with van der Waals surface area (Å²) in [5.41, 5.74) is 4.28. The van der Waals surface area contributed by atoms with Crippen LogP contribution in [0, 0.1) is 6.92 Å². The lowest BCUT2D eigenvalue weighted by atomic mass is 10.1. The van der Waals surface area contributed by atoms with Crippen LogP contribution in [0.25, 0.3) is 11.5 Å². The van der Waals surface area contributed by atoms with Crippen molar-refractivity contribution in [2.75, 3.05) is 6.61 Å². The highest BCUT2D eigenvalue weighted by Gasteiger charge is 2.11. The zero-order chi connectivity index (χ0) is 16.8. The number of benzene rings is 2. The molecule has 4 heteroatoms. The number of aromatic nitrogens is 1. The summed E-state index contributed by atoms with van der Waals surface area (Å²) in [4.78, 5) is 4.56. The van der Waals surface area contributed by atoms with Crippen LogP contribution in [0.15, 0.2) is 59.2 Å². The van der Waals surface area contributed by atoms with E-state index < -0.39 is 0 Å². The zero-order valence-corrected chi connectivity index (χ0v) is 14.1. The monoisotopic (exact) mass is 322 g/mol. The Balaban J connectivity index is 1.62. The van der Waals surface area contributed by atoms with Gasteiger partial charge in [0.25, 0.3) is 0 Å². The van der Waals surface area contributed by atoms with Gasteiger partial charge in [-0.2, -0.15) is 0 Å². The smallest absolute Gasteiger partial charge is 0.229 e. The summed E-state index contributed by atoms with van der Waals surface area (Å²) < 4.78 is 11.3. The molecule has 0 unspecified atom stereocenters. The average Bonchev–Trinajstić information content (AvgIpc) is 3.06. The summed E-state index contributed by atoms with van der Waals surface area (Å²) in [6.07, 6.45) is 1.69. The Morgan fingerprint density at radius 1 is 1.04 bits per heavy atom. The van der Waals surface area contributed by atoms with E-state index in [2.05, 4.69) is 41.5 Å². The Morgan fingerprint density at radius 2 is 1.83 bits per heavy atom. The van der Waals surface area contributed by atoms with Crippen LogP contribution in [0.4, 0.5) is 0 Å². The van der Waals surface area contributed by atoms with Crippen molar-refractivity contribution in [1.82, 2.24) is 10.3 Å². The van der Waals surface area contributed by atoms with E-state index in [0.29, 0.717) is 19.0 Å². The Hall–Kier alpha value is -2.59. The number of rotatable bonds is 7. The number of ether oxygens (including phenoxy) is 1. The van der Waals surface area contributed by atoms with Crippen LogP contribution in [0.5, 0.6) is 5.75 Å². The van der Waals surface area contributed by atoms with Crippen molar-refractivity contribution in [3.8, 4) is 17.2 Å². The van der Waals surface area contributed by atoms with Gasteiger partial charge in [0.05, 0.1) is 17.9 Å². The van der Waals surface area contributed by atoms with E-state index in [0.717, 1.165) is 23.6 Å². The fourth-order valence-corrected chi connectivity index (χ4v) is 2.48. The summed E-state index contributed by atoms with van der Waals surface area (Å²) in [7, 11) is 0. The Morgan fingerprint density at radius 3 is 2.62 bits per heavy atom. The highest BCUT2D eigenvalue weighted by atomic mass is 16.5. The van der Waals surface area contributed by atoms with Gasteiger partial charge in [-0.05, 0) is 31.5 Å². The van der Waals surface area contributed by atoms with Crippen molar-refractivity contribution in [3.05, 3.63) is 71.6 Å². The summed E-state index contributed by atoms with van der Waals surface area (Å²) in [5.74, 6) is 1.38. The lowest BCUT2D eigenvalue weighted by Crippen LogP contribution is -2.12. The van der Waals surface area contributed by atoms with E-state index in [-0.39, 0.29) is 0 Å². The van der Waals surface area contributed by atoms with Crippen LogP contribution in [0.2, 0.25) is 0 Å². The average molecular weight is 322 g/mol. The van der Waals surface area contributed by atoms with Crippen molar-refractivity contribution in [3.63, 3.8) is 0 Å². The first kappa shape index (κ1) is 16.3. The minimum atomic E-state index is 0.589. The van der Waals surface area contributed by atoms with Crippen LogP contribution in [0.3, 0.4) is 0 Å². The van der Waals surface area contributed by atoms with Gasteiger partial charge in [0.1, 0.15) is 12.0 Å². The highest BCUT2D eigenvalue weighted by Crippen LogP contribution is 2.29. The lowest BCUT2D eigenvalue weighted by molar-refractivity contribution is 0.340. The molecule has 1 aromatic heterocycles. The molecule has 0 radical (unpaired) electrons. The van der Waals surface area contributed by atoms with Crippen molar-refractivity contribution in [2.24, 2.45) is 0 Å². The van der Waals surface area contributed by atoms with Gasteiger partial charge in [0, 0.05) is 13.1 Å². The number of nitrogens with zero attached hydrogens (tertiary/aromatic N) is 1. The molecule has 1 heterocycles. The standard InChI is InChI=1S/C20H22N2O2/c1-3-23-19-7-5-4-6-18(19)20-22-17(14-24-20)13-21-12-16-10-8-15(2)9-11-16/h4-11,14,21H,3,12-13H2,1-2H3. The summed E-state index contributed by atoms with van der Waals surface area (Å²) in [5, 5.41) is 3.39. The maximum Gasteiger partial charge on any atom is 0.229 e. The number of hydrogen-bond acceptors (Lipinski definition) is 4. The van der Waals surface area contributed by atoms with Crippen LogP contribution in [0.1, 0.15) is 23.7 Å². The number of nitrogens with one attached hydrogen (secondary N) is 1. The predicted molar refractivity (Wildman–Crippen MR) is 94.8 cm³/mol. The summed E-state index contributed by atoms with van der Waals surface area (Å²) >= 11 is 0.